The highest BCUT2D eigenvalue weighted by Crippen LogP contribution is 2.34. The van der Waals surface area contributed by atoms with Crippen LogP contribution in [0.2, 0.25) is 5.02 Å². The lowest BCUT2D eigenvalue weighted by atomic mass is 10.0. The maximum absolute atomic E-state index is 9.32. The summed E-state index contributed by atoms with van der Waals surface area (Å²) in [4.78, 5) is 0. The van der Waals surface area contributed by atoms with Gasteiger partial charge in [0.15, 0.2) is 0 Å². The van der Waals surface area contributed by atoms with Gasteiger partial charge in [-0.3, -0.25) is 0 Å². The first-order valence-electron chi connectivity index (χ1n) is 5.44. The van der Waals surface area contributed by atoms with Crippen molar-refractivity contribution in [3.63, 3.8) is 0 Å². The van der Waals surface area contributed by atoms with Gasteiger partial charge in [-0.05, 0) is 23.8 Å². The van der Waals surface area contributed by atoms with Crippen LogP contribution in [-0.4, -0.2) is 0 Å². The number of allylic oxidation sites excluding steroid dienone is 1. The van der Waals surface area contributed by atoms with Crippen LogP contribution in [0.4, 0.5) is 0 Å². The van der Waals surface area contributed by atoms with E-state index in [1.165, 1.54) is 0 Å². The molecule has 0 fully saturated rings. The summed E-state index contributed by atoms with van der Waals surface area (Å²) in [5, 5.41) is 10.2. The Morgan fingerprint density at radius 2 is 1.79 bits per heavy atom. The van der Waals surface area contributed by atoms with Crippen LogP contribution in [-0.2, 0) is 0 Å². The Bertz CT molecular complexity index is 672. The van der Waals surface area contributed by atoms with E-state index in [1.54, 1.807) is 12.1 Å². The first-order chi connectivity index (χ1) is 9.13. The Balaban J connectivity index is 2.62. The van der Waals surface area contributed by atoms with E-state index >= 15 is 0 Å². The van der Waals surface area contributed by atoms with E-state index in [-0.39, 0.29) is 0 Å². The van der Waals surface area contributed by atoms with E-state index in [1.807, 2.05) is 36.4 Å². The molecule has 0 saturated heterocycles. The van der Waals surface area contributed by atoms with Crippen LogP contribution >= 0.6 is 39.1 Å². The molecule has 2 aromatic rings. The molecule has 94 valence electrons. The Hall–Kier alpha value is -1.27. The van der Waals surface area contributed by atoms with Crippen LogP contribution in [0.25, 0.3) is 10.6 Å². The molecule has 0 radical (unpaired) electrons. The van der Waals surface area contributed by atoms with Gasteiger partial charge in [-0.15, -0.1) is 0 Å². The van der Waals surface area contributed by atoms with E-state index in [0.29, 0.717) is 21.2 Å². The summed E-state index contributed by atoms with van der Waals surface area (Å²) in [5.74, 6) is 0. The van der Waals surface area contributed by atoms with Crippen molar-refractivity contribution in [1.29, 1.82) is 5.26 Å². The van der Waals surface area contributed by atoms with E-state index in [4.69, 9.17) is 23.2 Å². The van der Waals surface area contributed by atoms with Crippen LogP contribution in [0.3, 0.4) is 0 Å². The average Bonchev–Trinajstić information content (AvgIpc) is 2.43. The molecule has 0 N–H and O–H groups in total. The molecule has 0 aromatic heterocycles. The maximum Gasteiger partial charge on any atom is 0.101 e. The van der Waals surface area contributed by atoms with Gasteiger partial charge in [-0.25, -0.2) is 0 Å². The smallest absolute Gasteiger partial charge is 0.101 e. The summed E-state index contributed by atoms with van der Waals surface area (Å²) < 4.78 is 0.857. The first-order valence-corrected chi connectivity index (χ1v) is 6.99. The molecule has 0 aliphatic heterocycles. The molecule has 0 atom stereocenters. The van der Waals surface area contributed by atoms with Crippen molar-refractivity contribution in [3.05, 3.63) is 69.2 Å². The molecule has 0 amide bonds. The molecule has 0 saturated carbocycles. The van der Waals surface area contributed by atoms with Crippen molar-refractivity contribution >= 4 is 49.7 Å². The fraction of sp³-hybridized carbons (Fsp3) is 0. The second-order valence-corrected chi connectivity index (χ2v) is 5.49. The lowest BCUT2D eigenvalue weighted by molar-refractivity contribution is 1.52. The second-order valence-electron chi connectivity index (χ2n) is 3.79. The molecule has 0 spiro atoms. The van der Waals surface area contributed by atoms with Crippen molar-refractivity contribution in [3.8, 4) is 6.07 Å². The molecular weight excluding hydrogens is 345 g/mol. The minimum Gasteiger partial charge on any atom is -0.192 e. The Kier molecular flexibility index (Phi) is 4.66. The number of rotatable bonds is 2. The molecule has 0 unspecified atom stereocenters. The highest BCUT2D eigenvalue weighted by molar-refractivity contribution is 9.10. The SMILES string of the molecule is N#CC(=C(Cl)c1cc(Br)ccc1Cl)c1ccccc1. The van der Waals surface area contributed by atoms with Gasteiger partial charge < -0.3 is 0 Å². The van der Waals surface area contributed by atoms with Gasteiger partial charge in [0.2, 0.25) is 0 Å². The molecule has 4 heteroatoms. The highest BCUT2D eigenvalue weighted by Gasteiger charge is 2.12. The number of nitriles is 1. The van der Waals surface area contributed by atoms with Crippen molar-refractivity contribution < 1.29 is 0 Å². The largest absolute Gasteiger partial charge is 0.192 e. The molecule has 0 heterocycles. The lowest BCUT2D eigenvalue weighted by Gasteiger charge is -2.07. The minimum absolute atomic E-state index is 0.347. The molecule has 0 bridgehead atoms. The van der Waals surface area contributed by atoms with E-state index in [9.17, 15) is 5.26 Å². The van der Waals surface area contributed by atoms with E-state index in [2.05, 4.69) is 22.0 Å². The van der Waals surface area contributed by atoms with Crippen molar-refractivity contribution in [1.82, 2.24) is 0 Å². The normalized spacial score (nSPS) is 11.7. The summed E-state index contributed by atoms with van der Waals surface area (Å²) in [5.41, 5.74) is 1.81. The van der Waals surface area contributed by atoms with E-state index in [0.717, 1.165) is 10.0 Å². The second kappa shape index (κ2) is 6.25. The van der Waals surface area contributed by atoms with Gasteiger partial charge in [-0.2, -0.15) is 5.26 Å². The monoisotopic (exact) mass is 351 g/mol. The fourth-order valence-corrected chi connectivity index (χ4v) is 2.57. The quantitative estimate of drug-likeness (QED) is 0.499. The molecule has 2 aromatic carbocycles. The van der Waals surface area contributed by atoms with Gasteiger partial charge in [-0.1, -0.05) is 69.5 Å². The minimum atomic E-state index is 0.347. The molecule has 2 rings (SSSR count). The zero-order chi connectivity index (χ0) is 13.8. The van der Waals surface area contributed by atoms with Gasteiger partial charge in [0.25, 0.3) is 0 Å². The number of hydrogen-bond acceptors (Lipinski definition) is 1. The molecule has 1 nitrogen and oxygen atoms in total. The van der Waals surface area contributed by atoms with Gasteiger partial charge in [0.05, 0.1) is 10.6 Å². The number of halogens is 3. The third-order valence-corrected chi connectivity index (χ3v) is 3.77. The Morgan fingerprint density at radius 1 is 1.11 bits per heavy atom. The molecular formula is C15H8BrCl2N. The van der Waals surface area contributed by atoms with Gasteiger partial charge in [0, 0.05) is 15.1 Å². The topological polar surface area (TPSA) is 23.8 Å². The zero-order valence-corrected chi connectivity index (χ0v) is 12.8. The summed E-state index contributed by atoms with van der Waals surface area (Å²) in [6, 6.07) is 16.8. The zero-order valence-electron chi connectivity index (χ0n) is 9.70. The lowest BCUT2D eigenvalue weighted by Crippen LogP contribution is -1.87. The Morgan fingerprint density at radius 3 is 2.42 bits per heavy atom. The number of benzene rings is 2. The van der Waals surface area contributed by atoms with Gasteiger partial charge in [0.1, 0.15) is 6.07 Å². The van der Waals surface area contributed by atoms with Crippen molar-refractivity contribution in [2.75, 3.05) is 0 Å². The van der Waals surface area contributed by atoms with Crippen LogP contribution in [0.5, 0.6) is 0 Å². The van der Waals surface area contributed by atoms with Crippen LogP contribution < -0.4 is 0 Å². The van der Waals surface area contributed by atoms with Crippen LogP contribution in [0.1, 0.15) is 11.1 Å². The summed E-state index contributed by atoms with van der Waals surface area (Å²) in [6.45, 7) is 0. The van der Waals surface area contributed by atoms with Crippen molar-refractivity contribution in [2.24, 2.45) is 0 Å². The highest BCUT2D eigenvalue weighted by atomic mass is 79.9. The third-order valence-electron chi connectivity index (χ3n) is 2.56. The number of hydrogen-bond donors (Lipinski definition) is 0. The third kappa shape index (κ3) is 3.19. The molecule has 0 aliphatic rings. The van der Waals surface area contributed by atoms with Gasteiger partial charge >= 0.3 is 0 Å². The average molecular weight is 353 g/mol. The van der Waals surface area contributed by atoms with Crippen molar-refractivity contribution in [2.45, 2.75) is 0 Å². The molecule has 19 heavy (non-hydrogen) atoms. The maximum atomic E-state index is 9.32. The van der Waals surface area contributed by atoms with Crippen LogP contribution in [0, 0.1) is 11.3 Å². The van der Waals surface area contributed by atoms with Crippen LogP contribution in [0.15, 0.2) is 53.0 Å². The predicted molar refractivity (Wildman–Crippen MR) is 83.9 cm³/mol. The summed E-state index contributed by atoms with van der Waals surface area (Å²) in [6.07, 6.45) is 0. The standard InChI is InChI=1S/C15H8BrCl2N/c16-11-6-7-14(17)12(8-11)15(18)13(9-19)10-4-2-1-3-5-10/h1-8H. The van der Waals surface area contributed by atoms with E-state index < -0.39 is 0 Å². The summed E-state index contributed by atoms with van der Waals surface area (Å²) in [7, 11) is 0. The number of nitrogens with zero attached hydrogens (tertiary/aromatic N) is 1. The fourth-order valence-electron chi connectivity index (χ4n) is 1.65. The first kappa shape index (κ1) is 14.1. The Labute approximate surface area is 130 Å². The molecule has 0 aliphatic carbocycles. The predicted octanol–water partition coefficient (Wildman–Crippen LogP) is 5.73. The summed E-state index contributed by atoms with van der Waals surface area (Å²) >= 11 is 15.8.